The van der Waals surface area contributed by atoms with E-state index < -0.39 is 0 Å². The van der Waals surface area contributed by atoms with E-state index in [-0.39, 0.29) is 12.1 Å². The highest BCUT2D eigenvalue weighted by Crippen LogP contribution is 2.24. The van der Waals surface area contributed by atoms with Crippen LogP contribution < -0.4 is 15.5 Å². The molecule has 0 bridgehead atoms. The number of carbonyl (C=O) groups is 1. The Balaban J connectivity index is 1.53. The SMILES string of the molecule is C[C@@H](NC(=O)NC1CCN(C)CC1)c1cccc(N2CCCC2)c1. The van der Waals surface area contributed by atoms with Gasteiger partial charge in [-0.25, -0.2) is 4.79 Å². The van der Waals surface area contributed by atoms with Crippen LogP contribution in [-0.2, 0) is 0 Å². The van der Waals surface area contributed by atoms with Crippen LogP contribution in [0.4, 0.5) is 10.5 Å². The smallest absolute Gasteiger partial charge is 0.315 e. The first-order valence-corrected chi connectivity index (χ1v) is 9.22. The Bertz CT molecular complexity index is 548. The molecule has 5 nitrogen and oxygen atoms in total. The van der Waals surface area contributed by atoms with E-state index in [1.54, 1.807) is 0 Å². The predicted octanol–water partition coefficient (Wildman–Crippen LogP) is 2.74. The maximum atomic E-state index is 12.3. The number of hydrogen-bond donors (Lipinski definition) is 2. The number of piperidine rings is 1. The third-order valence-electron chi connectivity index (χ3n) is 5.24. The van der Waals surface area contributed by atoms with Gasteiger partial charge in [-0.2, -0.15) is 0 Å². The number of benzene rings is 1. The molecule has 2 heterocycles. The quantitative estimate of drug-likeness (QED) is 0.892. The van der Waals surface area contributed by atoms with Crippen LogP contribution in [0.25, 0.3) is 0 Å². The van der Waals surface area contributed by atoms with Crippen LogP contribution in [-0.4, -0.2) is 50.2 Å². The molecule has 0 saturated carbocycles. The molecule has 5 heteroatoms. The Morgan fingerprint density at radius 3 is 2.58 bits per heavy atom. The maximum absolute atomic E-state index is 12.3. The van der Waals surface area contributed by atoms with Gasteiger partial charge in [0.15, 0.2) is 0 Å². The fourth-order valence-corrected chi connectivity index (χ4v) is 3.63. The fourth-order valence-electron chi connectivity index (χ4n) is 3.63. The van der Waals surface area contributed by atoms with Crippen LogP contribution in [0.5, 0.6) is 0 Å². The molecule has 3 rings (SSSR count). The number of nitrogens with zero attached hydrogens (tertiary/aromatic N) is 2. The van der Waals surface area contributed by atoms with Gasteiger partial charge in [-0.05, 0) is 70.4 Å². The van der Waals surface area contributed by atoms with Gasteiger partial charge >= 0.3 is 6.03 Å². The van der Waals surface area contributed by atoms with Gasteiger partial charge in [0, 0.05) is 24.8 Å². The zero-order valence-electron chi connectivity index (χ0n) is 14.9. The summed E-state index contributed by atoms with van der Waals surface area (Å²) in [7, 11) is 2.13. The van der Waals surface area contributed by atoms with Gasteiger partial charge in [-0.1, -0.05) is 12.1 Å². The van der Waals surface area contributed by atoms with E-state index in [1.165, 1.54) is 18.5 Å². The van der Waals surface area contributed by atoms with Gasteiger partial charge in [-0.15, -0.1) is 0 Å². The molecule has 132 valence electrons. The molecule has 2 saturated heterocycles. The van der Waals surface area contributed by atoms with Crippen molar-refractivity contribution in [1.29, 1.82) is 0 Å². The Morgan fingerprint density at radius 1 is 1.17 bits per heavy atom. The Labute approximate surface area is 145 Å². The average molecular weight is 330 g/mol. The molecule has 2 aliphatic rings. The number of likely N-dealkylation sites (tertiary alicyclic amines) is 1. The van der Waals surface area contributed by atoms with Crippen molar-refractivity contribution in [1.82, 2.24) is 15.5 Å². The molecule has 1 aromatic carbocycles. The predicted molar refractivity (Wildman–Crippen MR) is 98.5 cm³/mol. The minimum Gasteiger partial charge on any atom is -0.372 e. The molecule has 2 aliphatic heterocycles. The van der Waals surface area contributed by atoms with Crippen molar-refractivity contribution in [3.63, 3.8) is 0 Å². The van der Waals surface area contributed by atoms with Gasteiger partial charge < -0.3 is 20.4 Å². The van der Waals surface area contributed by atoms with E-state index >= 15 is 0 Å². The van der Waals surface area contributed by atoms with Crippen molar-refractivity contribution in [2.75, 3.05) is 38.1 Å². The molecule has 0 aliphatic carbocycles. The summed E-state index contributed by atoms with van der Waals surface area (Å²) in [6.07, 6.45) is 4.61. The topological polar surface area (TPSA) is 47.6 Å². The highest BCUT2D eigenvalue weighted by molar-refractivity contribution is 5.74. The van der Waals surface area contributed by atoms with Crippen molar-refractivity contribution in [2.24, 2.45) is 0 Å². The maximum Gasteiger partial charge on any atom is 0.315 e. The minimum absolute atomic E-state index is 0.0128. The van der Waals surface area contributed by atoms with E-state index in [2.05, 4.69) is 58.7 Å². The third-order valence-corrected chi connectivity index (χ3v) is 5.24. The lowest BCUT2D eigenvalue weighted by atomic mass is 10.1. The van der Waals surface area contributed by atoms with E-state index in [0.717, 1.165) is 44.6 Å². The number of nitrogens with one attached hydrogen (secondary N) is 2. The van der Waals surface area contributed by atoms with E-state index in [0.29, 0.717) is 6.04 Å². The minimum atomic E-state index is -0.0522. The molecular formula is C19H30N4O. The molecular weight excluding hydrogens is 300 g/mol. The lowest BCUT2D eigenvalue weighted by Gasteiger charge is -2.30. The van der Waals surface area contributed by atoms with Crippen LogP contribution in [0.1, 0.15) is 44.2 Å². The zero-order chi connectivity index (χ0) is 16.9. The first kappa shape index (κ1) is 17.1. The van der Waals surface area contributed by atoms with Crippen LogP contribution in [0.15, 0.2) is 24.3 Å². The molecule has 2 N–H and O–H groups in total. The second kappa shape index (κ2) is 7.88. The van der Waals surface area contributed by atoms with Gasteiger partial charge in [0.25, 0.3) is 0 Å². The second-order valence-corrected chi connectivity index (χ2v) is 7.21. The van der Waals surface area contributed by atoms with Gasteiger partial charge in [0.05, 0.1) is 6.04 Å². The second-order valence-electron chi connectivity index (χ2n) is 7.21. The number of amides is 2. The highest BCUT2D eigenvalue weighted by Gasteiger charge is 2.20. The summed E-state index contributed by atoms with van der Waals surface area (Å²) in [6.45, 7) is 6.44. The fraction of sp³-hybridized carbons (Fsp3) is 0.632. The number of carbonyl (C=O) groups excluding carboxylic acids is 1. The number of anilines is 1. The van der Waals surface area contributed by atoms with Crippen molar-refractivity contribution in [2.45, 2.75) is 44.7 Å². The summed E-state index contributed by atoms with van der Waals surface area (Å²) in [5.74, 6) is 0. The lowest BCUT2D eigenvalue weighted by Crippen LogP contribution is -2.47. The lowest BCUT2D eigenvalue weighted by molar-refractivity contribution is 0.212. The first-order valence-electron chi connectivity index (χ1n) is 9.22. The van der Waals surface area contributed by atoms with Crippen molar-refractivity contribution in [3.8, 4) is 0 Å². The molecule has 0 unspecified atom stereocenters. The van der Waals surface area contributed by atoms with Gasteiger partial charge in [-0.3, -0.25) is 0 Å². The van der Waals surface area contributed by atoms with E-state index in [9.17, 15) is 4.79 Å². The summed E-state index contributed by atoms with van der Waals surface area (Å²) in [4.78, 5) is 17.0. The molecule has 1 aromatic rings. The molecule has 2 amide bonds. The molecule has 2 fully saturated rings. The van der Waals surface area contributed by atoms with Gasteiger partial charge in [0.1, 0.15) is 0 Å². The number of rotatable bonds is 4. The van der Waals surface area contributed by atoms with Crippen LogP contribution in [0.2, 0.25) is 0 Å². The summed E-state index contributed by atoms with van der Waals surface area (Å²) in [6, 6.07) is 8.83. The highest BCUT2D eigenvalue weighted by atomic mass is 16.2. The first-order chi connectivity index (χ1) is 11.6. The zero-order valence-corrected chi connectivity index (χ0v) is 14.9. The monoisotopic (exact) mass is 330 g/mol. The third kappa shape index (κ3) is 4.41. The molecule has 0 spiro atoms. The number of hydrogen-bond acceptors (Lipinski definition) is 3. The molecule has 0 radical (unpaired) electrons. The van der Waals surface area contributed by atoms with Crippen molar-refractivity contribution < 1.29 is 4.79 Å². The van der Waals surface area contributed by atoms with Crippen LogP contribution in [0.3, 0.4) is 0 Å². The molecule has 24 heavy (non-hydrogen) atoms. The summed E-state index contributed by atoms with van der Waals surface area (Å²) in [5, 5.41) is 6.21. The van der Waals surface area contributed by atoms with Crippen molar-refractivity contribution in [3.05, 3.63) is 29.8 Å². The summed E-state index contributed by atoms with van der Waals surface area (Å²) < 4.78 is 0. The van der Waals surface area contributed by atoms with E-state index in [4.69, 9.17) is 0 Å². The standard InChI is InChI=1S/C19H30N4O/c1-15(20-19(24)21-17-8-12-22(2)13-9-17)16-6-5-7-18(14-16)23-10-3-4-11-23/h5-7,14-15,17H,3-4,8-13H2,1-2H3,(H2,20,21,24)/t15-/m1/s1. The average Bonchev–Trinajstić information content (AvgIpc) is 3.11. The Morgan fingerprint density at radius 2 is 1.88 bits per heavy atom. The largest absolute Gasteiger partial charge is 0.372 e. The van der Waals surface area contributed by atoms with E-state index in [1.807, 2.05) is 0 Å². The summed E-state index contributed by atoms with van der Waals surface area (Å²) in [5.41, 5.74) is 2.44. The molecule has 0 aromatic heterocycles. The Hall–Kier alpha value is -1.75. The molecule has 1 atom stereocenters. The van der Waals surface area contributed by atoms with Crippen molar-refractivity contribution >= 4 is 11.7 Å². The van der Waals surface area contributed by atoms with Gasteiger partial charge in [0.2, 0.25) is 0 Å². The number of urea groups is 1. The summed E-state index contributed by atoms with van der Waals surface area (Å²) >= 11 is 0. The van der Waals surface area contributed by atoms with Crippen LogP contribution >= 0.6 is 0 Å². The van der Waals surface area contributed by atoms with Crippen LogP contribution in [0, 0.1) is 0 Å². The normalized spacial score (nSPS) is 20.8. The Kier molecular flexibility index (Phi) is 5.61.